The number of fused-ring (bicyclic) bond motifs is 3. The molecule has 0 radical (unpaired) electrons. The summed E-state index contributed by atoms with van der Waals surface area (Å²) in [6, 6.07) is 18.3. The van der Waals surface area contributed by atoms with Crippen LogP contribution >= 0.6 is 0 Å². The number of hydrogen-bond acceptors (Lipinski definition) is 4. The topological polar surface area (TPSA) is 64.0 Å². The summed E-state index contributed by atoms with van der Waals surface area (Å²) in [4.78, 5) is 16.4. The van der Waals surface area contributed by atoms with Crippen molar-refractivity contribution in [3.63, 3.8) is 0 Å². The standard InChI is InChI=1S/C33H40N2O3/c1-7-16-35-27-13-8-21(20-36)17-29(27)34(6)30(22-9-11-23(12-10-22)31(37)38)24-18-25-26(19-28(24)35)33(4,5)15-14-32(25,2)3/h8-13,17-19,30,36H,7,14-16,20H2,1-6H3,(H,37,38). The molecular weight excluding hydrogens is 472 g/mol. The normalized spacial score (nSPS) is 19.3. The molecule has 2 N–H and O–H groups in total. The first kappa shape index (κ1) is 26.3. The lowest BCUT2D eigenvalue weighted by molar-refractivity contribution is 0.0697. The molecule has 5 rings (SSSR count). The summed E-state index contributed by atoms with van der Waals surface area (Å²) >= 11 is 0. The molecular formula is C33H40N2O3. The Morgan fingerprint density at radius 3 is 2.11 bits per heavy atom. The summed E-state index contributed by atoms with van der Waals surface area (Å²) in [5.74, 6) is -0.920. The lowest BCUT2D eigenvalue weighted by atomic mass is 9.62. The second-order valence-electron chi connectivity index (χ2n) is 12.3. The smallest absolute Gasteiger partial charge is 0.335 e. The Hall–Kier alpha value is -3.31. The number of carboxylic acids is 1. The minimum atomic E-state index is -0.920. The molecule has 1 aliphatic carbocycles. The van der Waals surface area contributed by atoms with Crippen LogP contribution in [0.3, 0.4) is 0 Å². The SMILES string of the molecule is CCCN1c2cc3c(cc2C(c2ccc(C(=O)O)cc2)N(C)c2cc(CO)ccc21)C(C)(C)CCC3(C)C. The van der Waals surface area contributed by atoms with Crippen molar-refractivity contribution in [1.82, 2.24) is 0 Å². The Morgan fingerprint density at radius 1 is 0.895 bits per heavy atom. The first-order valence-corrected chi connectivity index (χ1v) is 13.7. The largest absolute Gasteiger partial charge is 0.478 e. The maximum Gasteiger partial charge on any atom is 0.335 e. The van der Waals surface area contributed by atoms with Gasteiger partial charge < -0.3 is 20.0 Å². The summed E-state index contributed by atoms with van der Waals surface area (Å²) in [7, 11) is 2.11. The number of carboxylic acid groups (broad SMARTS) is 1. The Kier molecular flexibility index (Phi) is 6.55. The second-order valence-corrected chi connectivity index (χ2v) is 12.3. The Morgan fingerprint density at radius 2 is 1.53 bits per heavy atom. The highest BCUT2D eigenvalue weighted by Gasteiger charge is 2.40. The van der Waals surface area contributed by atoms with Crippen molar-refractivity contribution in [2.75, 3.05) is 23.4 Å². The summed E-state index contributed by atoms with van der Waals surface area (Å²) in [5, 5.41) is 19.5. The quantitative estimate of drug-likeness (QED) is 0.375. The van der Waals surface area contributed by atoms with E-state index in [0.717, 1.165) is 48.3 Å². The molecule has 3 aromatic carbocycles. The minimum absolute atomic E-state index is 0.0174. The van der Waals surface area contributed by atoms with Crippen molar-refractivity contribution in [2.45, 2.75) is 77.4 Å². The third-order valence-corrected chi connectivity index (χ3v) is 8.79. The van der Waals surface area contributed by atoms with Crippen molar-refractivity contribution >= 4 is 23.0 Å². The van der Waals surface area contributed by atoms with Crippen molar-refractivity contribution in [3.8, 4) is 0 Å². The lowest BCUT2D eigenvalue weighted by Gasteiger charge is -2.43. The van der Waals surface area contributed by atoms with Gasteiger partial charge in [0, 0.05) is 24.8 Å². The van der Waals surface area contributed by atoms with Crippen molar-refractivity contribution in [1.29, 1.82) is 0 Å². The van der Waals surface area contributed by atoms with Crippen LogP contribution < -0.4 is 9.80 Å². The molecule has 3 aromatic rings. The molecule has 0 fully saturated rings. The monoisotopic (exact) mass is 512 g/mol. The van der Waals surface area contributed by atoms with Crippen LogP contribution in [0.2, 0.25) is 0 Å². The van der Waals surface area contributed by atoms with Gasteiger partial charge in [0.2, 0.25) is 0 Å². The van der Waals surface area contributed by atoms with Crippen LogP contribution in [-0.4, -0.2) is 29.8 Å². The van der Waals surface area contributed by atoms with E-state index in [2.05, 4.69) is 75.7 Å². The van der Waals surface area contributed by atoms with Crippen LogP contribution in [0.4, 0.5) is 17.1 Å². The van der Waals surface area contributed by atoms with Gasteiger partial charge in [-0.05, 0) is 82.7 Å². The third kappa shape index (κ3) is 4.27. The van der Waals surface area contributed by atoms with Crippen molar-refractivity contribution in [2.24, 2.45) is 0 Å². The average Bonchev–Trinajstić information content (AvgIpc) is 2.99. The third-order valence-electron chi connectivity index (χ3n) is 8.79. The van der Waals surface area contributed by atoms with Crippen LogP contribution in [0.5, 0.6) is 0 Å². The van der Waals surface area contributed by atoms with Crippen LogP contribution in [-0.2, 0) is 17.4 Å². The fourth-order valence-electron chi connectivity index (χ4n) is 6.40. The van der Waals surface area contributed by atoms with Gasteiger partial charge in [-0.15, -0.1) is 0 Å². The maximum atomic E-state index is 11.6. The van der Waals surface area contributed by atoms with E-state index in [9.17, 15) is 15.0 Å². The maximum absolute atomic E-state index is 11.6. The fraction of sp³-hybridized carbons (Fsp3) is 0.424. The number of rotatable bonds is 5. The number of aromatic carboxylic acids is 1. The van der Waals surface area contributed by atoms with Gasteiger partial charge in [0.1, 0.15) is 0 Å². The first-order valence-electron chi connectivity index (χ1n) is 13.7. The highest BCUT2D eigenvalue weighted by atomic mass is 16.4. The Balaban J connectivity index is 1.84. The first-order chi connectivity index (χ1) is 18.0. The number of benzene rings is 3. The zero-order valence-corrected chi connectivity index (χ0v) is 23.5. The number of anilines is 3. The second kappa shape index (κ2) is 9.46. The molecule has 1 aliphatic heterocycles. The van der Waals surface area contributed by atoms with Crippen molar-refractivity contribution < 1.29 is 15.0 Å². The molecule has 0 saturated heterocycles. The van der Waals surface area contributed by atoms with Crippen LogP contribution in [0.15, 0.2) is 54.6 Å². The van der Waals surface area contributed by atoms with Gasteiger partial charge in [-0.25, -0.2) is 4.79 Å². The van der Waals surface area contributed by atoms with Crippen LogP contribution in [0.1, 0.15) is 98.1 Å². The predicted molar refractivity (Wildman–Crippen MR) is 155 cm³/mol. The van der Waals surface area contributed by atoms with Gasteiger partial charge in [-0.2, -0.15) is 0 Å². The molecule has 38 heavy (non-hydrogen) atoms. The Labute approximate surface area is 226 Å². The molecule has 0 amide bonds. The minimum Gasteiger partial charge on any atom is -0.478 e. The van der Waals surface area contributed by atoms with E-state index in [4.69, 9.17) is 0 Å². The predicted octanol–water partition coefficient (Wildman–Crippen LogP) is 7.31. The highest BCUT2D eigenvalue weighted by Crippen LogP contribution is 2.53. The van der Waals surface area contributed by atoms with E-state index in [1.54, 1.807) is 12.1 Å². The molecule has 2 aliphatic rings. The van der Waals surface area contributed by atoms with Crippen LogP contribution in [0, 0.1) is 0 Å². The molecule has 1 atom stereocenters. The summed E-state index contributed by atoms with van der Waals surface area (Å²) < 4.78 is 0. The number of nitrogens with zero attached hydrogens (tertiary/aromatic N) is 2. The number of aliphatic hydroxyl groups excluding tert-OH is 1. The molecule has 0 spiro atoms. The van der Waals surface area contributed by atoms with E-state index < -0.39 is 5.97 Å². The number of carbonyl (C=O) groups is 1. The zero-order valence-electron chi connectivity index (χ0n) is 23.5. The van der Waals surface area contributed by atoms with E-state index in [-0.39, 0.29) is 29.0 Å². The molecule has 200 valence electrons. The van der Waals surface area contributed by atoms with E-state index in [0.29, 0.717) is 0 Å². The lowest BCUT2D eigenvalue weighted by Crippen LogP contribution is -2.35. The van der Waals surface area contributed by atoms with E-state index in [1.165, 1.54) is 22.4 Å². The summed E-state index contributed by atoms with van der Waals surface area (Å²) in [6.45, 7) is 12.5. The molecule has 0 aromatic heterocycles. The Bertz CT molecular complexity index is 1370. The summed E-state index contributed by atoms with van der Waals surface area (Å²) in [6.07, 6.45) is 3.28. The molecule has 1 unspecified atom stereocenters. The fourth-order valence-corrected chi connectivity index (χ4v) is 6.40. The van der Waals surface area contributed by atoms with Gasteiger partial charge >= 0.3 is 5.97 Å². The van der Waals surface area contributed by atoms with Crippen molar-refractivity contribution in [3.05, 3.63) is 88.0 Å². The zero-order chi connectivity index (χ0) is 27.4. The van der Waals surface area contributed by atoms with Gasteiger partial charge in [0.15, 0.2) is 0 Å². The van der Waals surface area contributed by atoms with Gasteiger partial charge in [-0.3, -0.25) is 0 Å². The van der Waals surface area contributed by atoms with Gasteiger partial charge in [-0.1, -0.05) is 58.9 Å². The molecule has 5 heteroatoms. The molecule has 0 saturated carbocycles. The number of aliphatic hydroxyl groups is 1. The molecule has 0 bridgehead atoms. The number of hydrogen-bond donors (Lipinski definition) is 2. The average molecular weight is 513 g/mol. The highest BCUT2D eigenvalue weighted by molar-refractivity contribution is 5.88. The molecule has 1 heterocycles. The van der Waals surface area contributed by atoms with E-state index in [1.807, 2.05) is 18.2 Å². The molecule has 5 nitrogen and oxygen atoms in total. The van der Waals surface area contributed by atoms with Crippen LogP contribution in [0.25, 0.3) is 0 Å². The summed E-state index contributed by atoms with van der Waals surface area (Å²) in [5.41, 5.74) is 9.82. The van der Waals surface area contributed by atoms with E-state index >= 15 is 0 Å². The van der Waals surface area contributed by atoms with Gasteiger partial charge in [0.05, 0.1) is 29.6 Å². The van der Waals surface area contributed by atoms with Gasteiger partial charge in [0.25, 0.3) is 0 Å².